The molecule has 2 aliphatic rings. The molecule has 1 amide bonds. The third-order valence-electron chi connectivity index (χ3n) is 4.76. The molecular weight excluding hydrogens is 288 g/mol. The number of piperidine rings is 1. The summed E-state index contributed by atoms with van der Waals surface area (Å²) < 4.78 is 5.54. The van der Waals surface area contributed by atoms with Crippen molar-refractivity contribution < 1.29 is 14.6 Å². The Morgan fingerprint density at radius 1 is 1.29 bits per heavy atom. The van der Waals surface area contributed by atoms with E-state index in [2.05, 4.69) is 0 Å². The zero-order valence-corrected chi connectivity index (χ0v) is 13.4. The first-order valence-electron chi connectivity index (χ1n) is 7.92. The van der Waals surface area contributed by atoms with Crippen LogP contribution in [0.3, 0.4) is 0 Å². The zero-order valence-electron chi connectivity index (χ0n) is 12.6. The molecule has 1 aliphatic carbocycles. The van der Waals surface area contributed by atoms with Crippen molar-refractivity contribution in [3.63, 3.8) is 0 Å². The molecule has 0 atom stereocenters. The van der Waals surface area contributed by atoms with Crippen LogP contribution in [0.1, 0.15) is 44.9 Å². The molecule has 2 fully saturated rings. The van der Waals surface area contributed by atoms with E-state index in [-0.39, 0.29) is 18.6 Å². The van der Waals surface area contributed by atoms with Crippen LogP contribution in [0, 0.1) is 5.41 Å². The van der Waals surface area contributed by atoms with E-state index in [1.165, 1.54) is 0 Å². The van der Waals surface area contributed by atoms with Gasteiger partial charge in [0, 0.05) is 13.1 Å². The fourth-order valence-electron chi connectivity index (χ4n) is 3.47. The van der Waals surface area contributed by atoms with Crippen molar-refractivity contribution in [2.24, 2.45) is 11.1 Å². The summed E-state index contributed by atoms with van der Waals surface area (Å²) in [5.41, 5.74) is 5.33. The molecule has 21 heavy (non-hydrogen) atoms. The molecule has 1 aliphatic heterocycles. The Kier molecular flexibility index (Phi) is 5.96. The van der Waals surface area contributed by atoms with Crippen LogP contribution in [0.2, 0.25) is 0 Å². The van der Waals surface area contributed by atoms with Gasteiger partial charge < -0.3 is 20.5 Å². The highest BCUT2D eigenvalue weighted by molar-refractivity contribution is 7.80. The monoisotopic (exact) mass is 314 g/mol. The molecule has 0 radical (unpaired) electrons. The zero-order chi connectivity index (χ0) is 15.3. The smallest absolute Gasteiger partial charge is 0.235 e. The predicted octanol–water partition coefficient (Wildman–Crippen LogP) is 1.22. The van der Waals surface area contributed by atoms with Gasteiger partial charge in [-0.1, -0.05) is 31.5 Å². The third-order valence-corrected chi connectivity index (χ3v) is 5.15. The lowest BCUT2D eigenvalue weighted by molar-refractivity contribution is -0.142. The number of aliphatic hydroxyl groups is 1. The third kappa shape index (κ3) is 3.73. The summed E-state index contributed by atoms with van der Waals surface area (Å²) >= 11 is 5.23. The van der Waals surface area contributed by atoms with Gasteiger partial charge in [0.25, 0.3) is 0 Å². The lowest BCUT2D eigenvalue weighted by Gasteiger charge is -2.41. The van der Waals surface area contributed by atoms with E-state index in [4.69, 9.17) is 27.8 Å². The van der Waals surface area contributed by atoms with E-state index < -0.39 is 5.41 Å². The maximum atomic E-state index is 12.9. The van der Waals surface area contributed by atoms with E-state index >= 15 is 0 Å². The van der Waals surface area contributed by atoms with E-state index in [9.17, 15) is 4.79 Å². The molecule has 1 saturated heterocycles. The molecule has 1 saturated carbocycles. The van der Waals surface area contributed by atoms with Gasteiger partial charge in [0.15, 0.2) is 0 Å². The number of nitrogens with zero attached hydrogens (tertiary/aromatic N) is 1. The Morgan fingerprint density at radius 2 is 1.90 bits per heavy atom. The highest BCUT2D eigenvalue weighted by atomic mass is 32.1. The summed E-state index contributed by atoms with van der Waals surface area (Å²) in [6.45, 7) is 1.80. The van der Waals surface area contributed by atoms with Crippen molar-refractivity contribution >= 4 is 23.1 Å². The Bertz CT molecular complexity index is 375. The second-order valence-corrected chi connectivity index (χ2v) is 6.53. The molecule has 0 aromatic rings. The Morgan fingerprint density at radius 3 is 2.43 bits per heavy atom. The van der Waals surface area contributed by atoms with Crippen molar-refractivity contribution in [3.05, 3.63) is 0 Å². The fourth-order valence-corrected chi connectivity index (χ4v) is 3.76. The van der Waals surface area contributed by atoms with Gasteiger partial charge in [0.2, 0.25) is 5.91 Å². The number of likely N-dealkylation sites (tertiary alicyclic amines) is 1. The van der Waals surface area contributed by atoms with E-state index in [0.29, 0.717) is 24.7 Å². The second-order valence-electron chi connectivity index (χ2n) is 6.09. The molecule has 0 aromatic heterocycles. The van der Waals surface area contributed by atoms with E-state index in [1.807, 2.05) is 4.90 Å². The SMILES string of the molecule is NC(=S)C1(C(=O)N2CCC(OCCO)CC2)CCCCC1. The molecule has 0 bridgehead atoms. The minimum atomic E-state index is -0.605. The van der Waals surface area contributed by atoms with Gasteiger partial charge in [-0.05, 0) is 25.7 Å². The highest BCUT2D eigenvalue weighted by Gasteiger charge is 2.45. The van der Waals surface area contributed by atoms with Crippen LogP contribution in [0.15, 0.2) is 0 Å². The number of hydrogen-bond donors (Lipinski definition) is 2. The van der Waals surface area contributed by atoms with Crippen molar-refractivity contribution in [2.75, 3.05) is 26.3 Å². The number of hydrogen-bond acceptors (Lipinski definition) is 4. The topological polar surface area (TPSA) is 75.8 Å². The molecule has 1 heterocycles. The predicted molar refractivity (Wildman–Crippen MR) is 84.9 cm³/mol. The number of aliphatic hydroxyl groups excluding tert-OH is 1. The lowest BCUT2D eigenvalue weighted by atomic mass is 9.72. The first-order chi connectivity index (χ1) is 10.1. The normalized spacial score (nSPS) is 23.0. The van der Waals surface area contributed by atoms with Crippen LogP contribution in [0.25, 0.3) is 0 Å². The first kappa shape index (κ1) is 16.6. The van der Waals surface area contributed by atoms with Gasteiger partial charge in [-0.2, -0.15) is 0 Å². The summed E-state index contributed by atoms with van der Waals surface area (Å²) in [4.78, 5) is 15.2. The minimum Gasteiger partial charge on any atom is -0.394 e. The summed E-state index contributed by atoms with van der Waals surface area (Å²) in [6.07, 6.45) is 6.59. The summed E-state index contributed by atoms with van der Waals surface area (Å²) in [5.74, 6) is 0.121. The molecule has 2 rings (SSSR count). The number of nitrogens with two attached hydrogens (primary N) is 1. The van der Waals surface area contributed by atoms with Gasteiger partial charge in [0.1, 0.15) is 0 Å². The fraction of sp³-hybridized carbons (Fsp3) is 0.867. The molecule has 0 spiro atoms. The second kappa shape index (κ2) is 7.51. The highest BCUT2D eigenvalue weighted by Crippen LogP contribution is 2.39. The van der Waals surface area contributed by atoms with Gasteiger partial charge in [-0.25, -0.2) is 0 Å². The molecule has 6 heteroatoms. The number of carbonyl (C=O) groups excluding carboxylic acids is 1. The number of thiocarbonyl (C=S) groups is 1. The maximum absolute atomic E-state index is 12.9. The summed E-state index contributed by atoms with van der Waals surface area (Å²) in [5, 5.41) is 8.78. The van der Waals surface area contributed by atoms with Crippen molar-refractivity contribution in [3.8, 4) is 0 Å². The van der Waals surface area contributed by atoms with Gasteiger partial charge >= 0.3 is 0 Å². The Labute approximate surface area is 131 Å². The Hall–Kier alpha value is -0.720. The molecule has 120 valence electrons. The molecule has 0 aromatic carbocycles. The van der Waals surface area contributed by atoms with Crippen molar-refractivity contribution in [2.45, 2.75) is 51.0 Å². The number of amides is 1. The number of carbonyl (C=O) groups is 1. The van der Waals surface area contributed by atoms with Crippen LogP contribution in [0.5, 0.6) is 0 Å². The van der Waals surface area contributed by atoms with Crippen LogP contribution in [-0.4, -0.2) is 53.3 Å². The average Bonchev–Trinajstić information content (AvgIpc) is 2.53. The van der Waals surface area contributed by atoms with Gasteiger partial charge in [-0.3, -0.25) is 4.79 Å². The van der Waals surface area contributed by atoms with Gasteiger partial charge in [0.05, 0.1) is 29.7 Å². The quantitative estimate of drug-likeness (QED) is 0.746. The van der Waals surface area contributed by atoms with Crippen molar-refractivity contribution in [1.29, 1.82) is 0 Å². The first-order valence-corrected chi connectivity index (χ1v) is 8.33. The molecular formula is C15H26N2O3S. The Balaban J connectivity index is 1.95. The van der Waals surface area contributed by atoms with Crippen LogP contribution in [-0.2, 0) is 9.53 Å². The molecule has 3 N–H and O–H groups in total. The number of rotatable bonds is 5. The molecule has 5 nitrogen and oxygen atoms in total. The van der Waals surface area contributed by atoms with Crippen LogP contribution < -0.4 is 5.73 Å². The van der Waals surface area contributed by atoms with Crippen molar-refractivity contribution in [1.82, 2.24) is 4.90 Å². The van der Waals surface area contributed by atoms with Gasteiger partial charge in [-0.15, -0.1) is 0 Å². The maximum Gasteiger partial charge on any atom is 0.235 e. The molecule has 0 unspecified atom stereocenters. The largest absolute Gasteiger partial charge is 0.394 e. The summed E-state index contributed by atoms with van der Waals surface area (Å²) in [7, 11) is 0. The van der Waals surface area contributed by atoms with E-state index in [1.54, 1.807) is 0 Å². The van der Waals surface area contributed by atoms with Crippen LogP contribution in [0.4, 0.5) is 0 Å². The number of ether oxygens (including phenoxy) is 1. The van der Waals surface area contributed by atoms with E-state index in [0.717, 1.165) is 44.9 Å². The summed E-state index contributed by atoms with van der Waals surface area (Å²) in [6, 6.07) is 0. The average molecular weight is 314 g/mol. The van der Waals surface area contributed by atoms with Crippen LogP contribution >= 0.6 is 12.2 Å². The minimum absolute atomic E-state index is 0.0453. The lowest BCUT2D eigenvalue weighted by Crippen LogP contribution is -2.54. The standard InChI is InChI=1S/C15H26N2O3S/c16-13(21)15(6-2-1-3-7-15)14(19)17-8-4-12(5-9-17)20-11-10-18/h12,18H,1-11H2,(H2,16,21).